The van der Waals surface area contributed by atoms with Gasteiger partial charge in [0.1, 0.15) is 5.82 Å². The third-order valence-corrected chi connectivity index (χ3v) is 8.04. The van der Waals surface area contributed by atoms with Gasteiger partial charge in [0.2, 0.25) is 10.0 Å². The molecule has 1 aromatic heterocycles. The number of halogens is 2. The number of carbonyl (C=O) groups excluding carboxylic acids is 1. The Hall–Kier alpha value is -2.75. The molecule has 0 radical (unpaired) electrons. The minimum Gasteiger partial charge on any atom is -0.345 e. The van der Waals surface area contributed by atoms with Crippen molar-refractivity contribution < 1.29 is 17.6 Å². The van der Waals surface area contributed by atoms with Crippen LogP contribution in [-0.2, 0) is 10.0 Å². The summed E-state index contributed by atoms with van der Waals surface area (Å²) in [5.74, 6) is -0.824. The molecule has 1 N–H and O–H groups in total. The number of sulfonamides is 1. The molecule has 0 aliphatic carbocycles. The Bertz CT molecular complexity index is 1290. The number of rotatable bonds is 6. The lowest BCUT2D eigenvalue weighted by molar-refractivity contribution is 0.0939. The summed E-state index contributed by atoms with van der Waals surface area (Å²) in [5, 5.41) is 7.39. The van der Waals surface area contributed by atoms with Gasteiger partial charge in [-0.15, -0.1) is 0 Å². The summed E-state index contributed by atoms with van der Waals surface area (Å²) in [6, 6.07) is 9.70. The van der Waals surface area contributed by atoms with Crippen LogP contribution in [0, 0.1) is 12.7 Å². The van der Waals surface area contributed by atoms with Crippen LogP contribution in [0.5, 0.6) is 0 Å². The van der Waals surface area contributed by atoms with E-state index in [1.165, 1.54) is 34.6 Å². The van der Waals surface area contributed by atoms with Crippen LogP contribution >= 0.6 is 11.6 Å². The summed E-state index contributed by atoms with van der Waals surface area (Å²) in [6.45, 7) is 4.60. The van der Waals surface area contributed by atoms with Crippen molar-refractivity contribution in [1.29, 1.82) is 0 Å². The van der Waals surface area contributed by atoms with E-state index >= 15 is 0 Å². The smallest absolute Gasteiger partial charge is 0.253 e. The van der Waals surface area contributed by atoms with Gasteiger partial charge in [-0.05, 0) is 69.2 Å². The minimum atomic E-state index is -3.67. The summed E-state index contributed by atoms with van der Waals surface area (Å²) in [4.78, 5) is 13.1. The van der Waals surface area contributed by atoms with Crippen LogP contribution in [0.1, 0.15) is 47.4 Å². The molecule has 1 fully saturated rings. The van der Waals surface area contributed by atoms with Gasteiger partial charge in [0.05, 0.1) is 33.4 Å². The number of nitrogens with one attached hydrogen (secondary N) is 1. The Morgan fingerprint density at radius 1 is 1.15 bits per heavy atom. The predicted octanol–water partition coefficient (Wildman–Crippen LogP) is 4.25. The average Bonchev–Trinajstić information content (AvgIpc) is 3.45. The number of hydrogen-bond acceptors (Lipinski definition) is 4. The maximum absolute atomic E-state index is 13.2. The topological polar surface area (TPSA) is 84.3 Å². The van der Waals surface area contributed by atoms with Gasteiger partial charge in [-0.1, -0.05) is 11.6 Å². The normalized spacial score (nSPS) is 15.5. The SMILES string of the molecule is Cc1c(C(C)NC(=O)c2cc(S(=O)(=O)N3CCCC3)ccc2Cl)cnn1-c1ccc(F)cc1. The second kappa shape index (κ2) is 9.24. The average molecular weight is 491 g/mol. The van der Waals surface area contributed by atoms with E-state index in [9.17, 15) is 17.6 Å². The van der Waals surface area contributed by atoms with Crippen molar-refractivity contribution in [3.63, 3.8) is 0 Å². The first kappa shape index (κ1) is 23.4. The summed E-state index contributed by atoms with van der Waals surface area (Å²) in [7, 11) is -3.67. The summed E-state index contributed by atoms with van der Waals surface area (Å²) in [6.07, 6.45) is 3.28. The van der Waals surface area contributed by atoms with Crippen molar-refractivity contribution in [1.82, 2.24) is 19.4 Å². The Morgan fingerprint density at radius 2 is 1.82 bits per heavy atom. The fourth-order valence-electron chi connectivity index (χ4n) is 3.96. The number of hydrogen-bond donors (Lipinski definition) is 1. The third kappa shape index (κ3) is 4.66. The molecule has 1 aliphatic heterocycles. The van der Waals surface area contributed by atoms with Crippen molar-refractivity contribution in [2.75, 3.05) is 13.1 Å². The molecular weight excluding hydrogens is 467 g/mol. The van der Waals surface area contributed by atoms with Crippen molar-refractivity contribution in [3.05, 3.63) is 76.3 Å². The molecule has 2 heterocycles. The molecule has 1 unspecified atom stereocenters. The van der Waals surface area contributed by atoms with Crippen LogP contribution < -0.4 is 5.32 Å². The molecular formula is C23H24ClFN4O3S. The highest BCUT2D eigenvalue weighted by atomic mass is 35.5. The monoisotopic (exact) mass is 490 g/mol. The zero-order valence-corrected chi connectivity index (χ0v) is 19.8. The van der Waals surface area contributed by atoms with Crippen molar-refractivity contribution >= 4 is 27.5 Å². The molecule has 1 saturated heterocycles. The predicted molar refractivity (Wildman–Crippen MR) is 124 cm³/mol. The van der Waals surface area contributed by atoms with Crippen LogP contribution in [0.3, 0.4) is 0 Å². The molecule has 1 amide bonds. The molecule has 3 aromatic rings. The van der Waals surface area contributed by atoms with E-state index < -0.39 is 22.0 Å². The second-order valence-electron chi connectivity index (χ2n) is 8.02. The molecule has 0 bridgehead atoms. The quantitative estimate of drug-likeness (QED) is 0.560. The van der Waals surface area contributed by atoms with Gasteiger partial charge in [-0.25, -0.2) is 17.5 Å². The Morgan fingerprint density at radius 3 is 2.48 bits per heavy atom. The van der Waals surface area contributed by atoms with E-state index in [1.54, 1.807) is 29.9 Å². The van der Waals surface area contributed by atoms with Gasteiger partial charge in [0.15, 0.2) is 0 Å². The van der Waals surface area contributed by atoms with Crippen molar-refractivity contribution in [2.24, 2.45) is 0 Å². The maximum Gasteiger partial charge on any atom is 0.253 e. The standard InChI is InChI=1S/C23H24ClFN4O3S/c1-15(21-14-26-29(16(21)2)18-7-5-17(25)6-8-18)27-23(30)20-13-19(9-10-22(20)24)33(31,32)28-11-3-4-12-28/h5-10,13-15H,3-4,11-12H2,1-2H3,(H,27,30). The zero-order valence-electron chi connectivity index (χ0n) is 18.3. The van der Waals surface area contributed by atoms with Crippen molar-refractivity contribution in [3.8, 4) is 5.69 Å². The van der Waals surface area contributed by atoms with Crippen LogP contribution in [0.4, 0.5) is 4.39 Å². The molecule has 0 spiro atoms. The highest BCUT2D eigenvalue weighted by Crippen LogP contribution is 2.26. The number of amides is 1. The van der Waals surface area contributed by atoms with E-state index in [1.807, 2.05) is 6.92 Å². The zero-order chi connectivity index (χ0) is 23.8. The highest BCUT2D eigenvalue weighted by molar-refractivity contribution is 7.89. The first-order valence-electron chi connectivity index (χ1n) is 10.6. The molecule has 33 heavy (non-hydrogen) atoms. The van der Waals surface area contributed by atoms with Crippen LogP contribution in [0.2, 0.25) is 5.02 Å². The van der Waals surface area contributed by atoms with Crippen LogP contribution in [-0.4, -0.2) is 41.5 Å². The van der Waals surface area contributed by atoms with Gasteiger partial charge >= 0.3 is 0 Å². The molecule has 0 saturated carbocycles. The van der Waals surface area contributed by atoms with E-state index in [0.717, 1.165) is 24.1 Å². The van der Waals surface area contributed by atoms with Gasteiger partial charge < -0.3 is 5.32 Å². The van der Waals surface area contributed by atoms with Crippen LogP contribution in [0.15, 0.2) is 53.6 Å². The Labute approximate surface area is 197 Å². The second-order valence-corrected chi connectivity index (χ2v) is 10.4. The minimum absolute atomic E-state index is 0.0481. The lowest BCUT2D eigenvalue weighted by atomic mass is 10.1. The first-order valence-corrected chi connectivity index (χ1v) is 12.4. The van der Waals surface area contributed by atoms with Gasteiger partial charge in [0.25, 0.3) is 5.91 Å². The maximum atomic E-state index is 13.2. The Balaban J connectivity index is 1.56. The number of benzene rings is 2. The fraction of sp³-hybridized carbons (Fsp3) is 0.304. The number of nitrogens with zero attached hydrogens (tertiary/aromatic N) is 3. The first-order chi connectivity index (χ1) is 15.7. The van der Waals surface area contributed by atoms with Crippen LogP contribution in [0.25, 0.3) is 5.69 Å². The molecule has 10 heteroatoms. The van der Waals surface area contributed by atoms with E-state index in [4.69, 9.17) is 11.6 Å². The fourth-order valence-corrected chi connectivity index (χ4v) is 5.71. The molecule has 7 nitrogen and oxygen atoms in total. The number of aromatic nitrogens is 2. The summed E-state index contributed by atoms with van der Waals surface area (Å²) < 4.78 is 42.1. The molecule has 1 aliphatic rings. The van der Waals surface area contributed by atoms with E-state index in [0.29, 0.717) is 18.8 Å². The van der Waals surface area contributed by atoms with Gasteiger partial charge in [-0.3, -0.25) is 4.79 Å². The Kier molecular flexibility index (Phi) is 6.56. The van der Waals surface area contributed by atoms with Gasteiger partial charge in [0, 0.05) is 24.3 Å². The molecule has 2 aromatic carbocycles. The third-order valence-electron chi connectivity index (χ3n) is 5.82. The largest absolute Gasteiger partial charge is 0.345 e. The number of carbonyl (C=O) groups is 1. The summed E-state index contributed by atoms with van der Waals surface area (Å²) >= 11 is 6.24. The van der Waals surface area contributed by atoms with E-state index in [2.05, 4.69) is 10.4 Å². The van der Waals surface area contributed by atoms with Crippen molar-refractivity contribution in [2.45, 2.75) is 37.6 Å². The molecule has 4 rings (SSSR count). The van der Waals surface area contributed by atoms with Gasteiger partial charge in [-0.2, -0.15) is 9.40 Å². The summed E-state index contributed by atoms with van der Waals surface area (Å²) in [5.41, 5.74) is 2.34. The van der Waals surface area contributed by atoms with E-state index in [-0.39, 0.29) is 21.3 Å². The lowest BCUT2D eigenvalue weighted by Gasteiger charge is -2.18. The highest BCUT2D eigenvalue weighted by Gasteiger charge is 2.28. The molecule has 1 atom stereocenters. The lowest BCUT2D eigenvalue weighted by Crippen LogP contribution is -2.29. The molecule has 174 valence electrons.